The van der Waals surface area contributed by atoms with E-state index in [4.69, 9.17) is 10.5 Å². The normalized spacial score (nSPS) is 12.2. The first-order chi connectivity index (χ1) is 9.24. The predicted octanol–water partition coefficient (Wildman–Crippen LogP) is 4.45. The number of aryl methyl sites for hydroxylation is 1. The summed E-state index contributed by atoms with van der Waals surface area (Å²) in [6.45, 7) is 4.22. The van der Waals surface area contributed by atoms with E-state index in [1.165, 1.54) is 5.56 Å². The second-order valence-corrected chi connectivity index (χ2v) is 4.65. The first-order valence-corrected chi connectivity index (χ1v) is 6.85. The predicted molar refractivity (Wildman–Crippen MR) is 79.6 cm³/mol. The molecule has 1 unspecified atom stereocenters. The highest BCUT2D eigenvalue weighted by atomic mass is 16.5. The molecular weight excluding hydrogens is 234 g/mol. The van der Waals surface area contributed by atoms with Crippen LogP contribution in [0.1, 0.15) is 37.4 Å². The Bertz CT molecular complexity index is 536. The van der Waals surface area contributed by atoms with Crippen molar-refractivity contribution in [3.8, 4) is 11.5 Å². The molecule has 100 valence electrons. The standard InChI is InChI=1S/C17H21NO/c1-3-13-8-5-6-11-17(13)19-15-10-7-9-14(12-15)16(18)4-2/h5-12,16H,3-4,18H2,1-2H3. The molecule has 0 fully saturated rings. The van der Waals surface area contributed by atoms with E-state index in [2.05, 4.69) is 19.9 Å². The second-order valence-electron chi connectivity index (χ2n) is 4.65. The van der Waals surface area contributed by atoms with Gasteiger partial charge in [0.05, 0.1) is 0 Å². The zero-order chi connectivity index (χ0) is 13.7. The maximum atomic E-state index is 6.06. The van der Waals surface area contributed by atoms with Crippen LogP contribution in [0, 0.1) is 0 Å². The summed E-state index contributed by atoms with van der Waals surface area (Å²) in [6.07, 6.45) is 1.89. The lowest BCUT2D eigenvalue weighted by molar-refractivity contribution is 0.475. The molecule has 19 heavy (non-hydrogen) atoms. The van der Waals surface area contributed by atoms with Gasteiger partial charge >= 0.3 is 0 Å². The summed E-state index contributed by atoms with van der Waals surface area (Å²) in [7, 11) is 0. The molecule has 0 spiro atoms. The van der Waals surface area contributed by atoms with E-state index >= 15 is 0 Å². The Morgan fingerprint density at radius 3 is 2.58 bits per heavy atom. The van der Waals surface area contributed by atoms with Crippen LogP contribution in [0.15, 0.2) is 48.5 Å². The van der Waals surface area contributed by atoms with Gasteiger partial charge in [0, 0.05) is 6.04 Å². The molecule has 2 nitrogen and oxygen atoms in total. The van der Waals surface area contributed by atoms with Crippen LogP contribution in [-0.2, 0) is 6.42 Å². The third kappa shape index (κ3) is 3.36. The Morgan fingerprint density at radius 1 is 1.05 bits per heavy atom. The van der Waals surface area contributed by atoms with Crippen LogP contribution in [0.4, 0.5) is 0 Å². The van der Waals surface area contributed by atoms with E-state index in [1.807, 2.05) is 42.5 Å². The third-order valence-electron chi connectivity index (χ3n) is 3.31. The minimum atomic E-state index is 0.0740. The second kappa shape index (κ2) is 6.39. The molecule has 0 aromatic heterocycles. The summed E-state index contributed by atoms with van der Waals surface area (Å²) in [5, 5.41) is 0. The van der Waals surface area contributed by atoms with Gasteiger partial charge in [-0.25, -0.2) is 0 Å². The molecule has 0 radical (unpaired) electrons. The molecule has 0 amide bonds. The van der Waals surface area contributed by atoms with E-state index in [1.54, 1.807) is 0 Å². The molecule has 0 heterocycles. The Labute approximate surface area is 115 Å². The molecule has 1 atom stereocenters. The Kier molecular flexibility index (Phi) is 4.58. The number of nitrogens with two attached hydrogens (primary N) is 1. The SMILES string of the molecule is CCc1ccccc1Oc1cccc(C(N)CC)c1. The lowest BCUT2D eigenvalue weighted by Gasteiger charge is -2.13. The topological polar surface area (TPSA) is 35.2 Å². The number of hydrogen-bond acceptors (Lipinski definition) is 2. The van der Waals surface area contributed by atoms with Gasteiger partial charge < -0.3 is 10.5 Å². The zero-order valence-electron chi connectivity index (χ0n) is 11.6. The van der Waals surface area contributed by atoms with Crippen LogP contribution in [0.3, 0.4) is 0 Å². The quantitative estimate of drug-likeness (QED) is 0.856. The molecule has 0 saturated carbocycles. The van der Waals surface area contributed by atoms with Gasteiger partial charge in [-0.3, -0.25) is 0 Å². The van der Waals surface area contributed by atoms with Gasteiger partial charge in [-0.1, -0.05) is 44.2 Å². The van der Waals surface area contributed by atoms with Crippen molar-refractivity contribution in [2.24, 2.45) is 5.73 Å². The van der Waals surface area contributed by atoms with Crippen molar-refractivity contribution in [2.75, 3.05) is 0 Å². The van der Waals surface area contributed by atoms with E-state index < -0.39 is 0 Å². The van der Waals surface area contributed by atoms with E-state index in [0.717, 1.165) is 29.9 Å². The van der Waals surface area contributed by atoms with Crippen molar-refractivity contribution < 1.29 is 4.74 Å². The van der Waals surface area contributed by atoms with E-state index in [-0.39, 0.29) is 6.04 Å². The lowest BCUT2D eigenvalue weighted by atomic mass is 10.1. The first-order valence-electron chi connectivity index (χ1n) is 6.85. The third-order valence-corrected chi connectivity index (χ3v) is 3.31. The molecule has 2 aromatic rings. The van der Waals surface area contributed by atoms with Crippen molar-refractivity contribution in [3.63, 3.8) is 0 Å². The number of para-hydroxylation sites is 1. The Hall–Kier alpha value is -1.80. The fourth-order valence-corrected chi connectivity index (χ4v) is 2.07. The minimum Gasteiger partial charge on any atom is -0.457 e. The molecule has 2 aromatic carbocycles. The van der Waals surface area contributed by atoms with Gasteiger partial charge in [0.15, 0.2) is 0 Å². The van der Waals surface area contributed by atoms with Crippen LogP contribution in [0.2, 0.25) is 0 Å². The maximum absolute atomic E-state index is 6.06. The molecule has 2 rings (SSSR count). The van der Waals surface area contributed by atoms with Gasteiger partial charge in [0.2, 0.25) is 0 Å². The zero-order valence-corrected chi connectivity index (χ0v) is 11.6. The average molecular weight is 255 g/mol. The monoisotopic (exact) mass is 255 g/mol. The number of ether oxygens (including phenoxy) is 1. The van der Waals surface area contributed by atoms with Crippen molar-refractivity contribution in [3.05, 3.63) is 59.7 Å². The molecule has 0 aliphatic carbocycles. The first kappa shape index (κ1) is 13.6. The van der Waals surface area contributed by atoms with Crippen LogP contribution in [-0.4, -0.2) is 0 Å². The summed E-state index contributed by atoms with van der Waals surface area (Å²) in [4.78, 5) is 0. The van der Waals surface area contributed by atoms with E-state index in [9.17, 15) is 0 Å². The van der Waals surface area contributed by atoms with E-state index in [0.29, 0.717) is 0 Å². The highest BCUT2D eigenvalue weighted by Gasteiger charge is 2.06. The number of hydrogen-bond donors (Lipinski definition) is 1. The summed E-state index contributed by atoms with van der Waals surface area (Å²) >= 11 is 0. The summed E-state index contributed by atoms with van der Waals surface area (Å²) in [6, 6.07) is 16.2. The van der Waals surface area contributed by atoms with Gasteiger partial charge in [-0.15, -0.1) is 0 Å². The van der Waals surface area contributed by atoms with Crippen molar-refractivity contribution in [1.82, 2.24) is 0 Å². The summed E-state index contributed by atoms with van der Waals surface area (Å²) < 4.78 is 5.98. The lowest BCUT2D eigenvalue weighted by Crippen LogP contribution is -2.08. The molecule has 2 heteroatoms. The largest absolute Gasteiger partial charge is 0.457 e. The Balaban J connectivity index is 2.23. The van der Waals surface area contributed by atoms with Crippen molar-refractivity contribution >= 4 is 0 Å². The summed E-state index contributed by atoms with van der Waals surface area (Å²) in [5.74, 6) is 1.77. The maximum Gasteiger partial charge on any atom is 0.130 e. The molecule has 0 aliphatic rings. The smallest absolute Gasteiger partial charge is 0.130 e. The minimum absolute atomic E-state index is 0.0740. The molecule has 0 aliphatic heterocycles. The molecule has 0 saturated heterocycles. The summed E-state index contributed by atoms with van der Waals surface area (Å²) in [5.41, 5.74) is 8.39. The van der Waals surface area contributed by atoms with Crippen molar-refractivity contribution in [1.29, 1.82) is 0 Å². The molecule has 2 N–H and O–H groups in total. The highest BCUT2D eigenvalue weighted by molar-refractivity contribution is 5.39. The van der Waals surface area contributed by atoms with Gasteiger partial charge in [-0.2, -0.15) is 0 Å². The fraction of sp³-hybridized carbons (Fsp3) is 0.294. The average Bonchev–Trinajstić information content (AvgIpc) is 2.47. The van der Waals surface area contributed by atoms with Gasteiger partial charge in [-0.05, 0) is 42.2 Å². The van der Waals surface area contributed by atoms with Gasteiger partial charge in [0.1, 0.15) is 11.5 Å². The highest BCUT2D eigenvalue weighted by Crippen LogP contribution is 2.27. The van der Waals surface area contributed by atoms with Crippen LogP contribution in [0.25, 0.3) is 0 Å². The van der Waals surface area contributed by atoms with Crippen molar-refractivity contribution in [2.45, 2.75) is 32.7 Å². The van der Waals surface area contributed by atoms with Crippen LogP contribution >= 0.6 is 0 Å². The van der Waals surface area contributed by atoms with Gasteiger partial charge in [0.25, 0.3) is 0 Å². The fourth-order valence-electron chi connectivity index (χ4n) is 2.07. The Morgan fingerprint density at radius 2 is 1.84 bits per heavy atom. The van der Waals surface area contributed by atoms with Crippen LogP contribution in [0.5, 0.6) is 11.5 Å². The van der Waals surface area contributed by atoms with Crippen LogP contribution < -0.4 is 10.5 Å². The molecular formula is C17H21NO. The number of rotatable bonds is 5. The number of benzene rings is 2. The molecule has 0 bridgehead atoms.